The van der Waals surface area contributed by atoms with Gasteiger partial charge in [-0.3, -0.25) is 0 Å². The van der Waals surface area contributed by atoms with E-state index in [2.05, 4.69) is 37.5 Å². The van der Waals surface area contributed by atoms with Gasteiger partial charge < -0.3 is 14.5 Å². The van der Waals surface area contributed by atoms with Crippen molar-refractivity contribution < 1.29 is 4.74 Å². The normalized spacial score (nSPS) is 19.4. The molecule has 3 heteroatoms. The fourth-order valence-corrected chi connectivity index (χ4v) is 2.48. The van der Waals surface area contributed by atoms with Gasteiger partial charge in [0.15, 0.2) is 0 Å². The molecule has 17 heavy (non-hydrogen) atoms. The molecule has 102 valence electrons. The second kappa shape index (κ2) is 8.06. The van der Waals surface area contributed by atoms with Gasteiger partial charge in [0.1, 0.15) is 0 Å². The monoisotopic (exact) mass is 242 g/mol. The van der Waals surface area contributed by atoms with Crippen molar-refractivity contribution in [3.8, 4) is 0 Å². The molecule has 0 saturated carbocycles. The van der Waals surface area contributed by atoms with Crippen LogP contribution in [0.3, 0.4) is 0 Å². The summed E-state index contributed by atoms with van der Waals surface area (Å²) in [5, 5.41) is 0. The van der Waals surface area contributed by atoms with E-state index in [1.54, 1.807) is 0 Å². The second-order valence-corrected chi connectivity index (χ2v) is 5.25. The number of likely N-dealkylation sites (N-methyl/N-ethyl adjacent to an activating group) is 1. The highest BCUT2D eigenvalue weighted by molar-refractivity contribution is 4.73. The first-order valence-corrected chi connectivity index (χ1v) is 7.25. The quantitative estimate of drug-likeness (QED) is 0.681. The zero-order chi connectivity index (χ0) is 12.7. The molecule has 0 aromatic heterocycles. The van der Waals surface area contributed by atoms with Gasteiger partial charge in [-0.2, -0.15) is 0 Å². The lowest BCUT2D eigenvalue weighted by Gasteiger charge is -2.33. The Morgan fingerprint density at radius 2 is 1.76 bits per heavy atom. The van der Waals surface area contributed by atoms with Gasteiger partial charge in [0.25, 0.3) is 0 Å². The maximum atomic E-state index is 5.87. The van der Waals surface area contributed by atoms with Crippen LogP contribution in [0.2, 0.25) is 0 Å². The van der Waals surface area contributed by atoms with Crippen LogP contribution in [0, 0.1) is 0 Å². The van der Waals surface area contributed by atoms with Gasteiger partial charge in [-0.25, -0.2) is 0 Å². The molecule has 0 unspecified atom stereocenters. The summed E-state index contributed by atoms with van der Waals surface area (Å²) in [6.07, 6.45) is 3.29. The van der Waals surface area contributed by atoms with Gasteiger partial charge in [0.2, 0.25) is 0 Å². The van der Waals surface area contributed by atoms with E-state index in [-0.39, 0.29) is 0 Å². The summed E-state index contributed by atoms with van der Waals surface area (Å²) >= 11 is 0. The summed E-state index contributed by atoms with van der Waals surface area (Å²) < 4.78 is 5.87. The largest absolute Gasteiger partial charge is 0.375 e. The number of ether oxygens (including phenoxy) is 1. The number of hydrogen-bond donors (Lipinski definition) is 0. The predicted molar refractivity (Wildman–Crippen MR) is 73.5 cm³/mol. The lowest BCUT2D eigenvalue weighted by molar-refractivity contribution is -0.0275. The van der Waals surface area contributed by atoms with E-state index in [1.807, 2.05) is 0 Å². The van der Waals surface area contributed by atoms with Crippen LogP contribution in [0.15, 0.2) is 0 Å². The number of nitrogens with zero attached hydrogens (tertiary/aromatic N) is 2. The van der Waals surface area contributed by atoms with Crippen molar-refractivity contribution >= 4 is 0 Å². The fraction of sp³-hybridized carbons (Fsp3) is 1.00. The van der Waals surface area contributed by atoms with Crippen molar-refractivity contribution in [3.05, 3.63) is 0 Å². The summed E-state index contributed by atoms with van der Waals surface area (Å²) in [5.74, 6) is 0. The minimum atomic E-state index is 0.377. The standard InChI is InChI=1S/C14H30N2O/c1-5-15(6-2)11-12-16-9-7-14(8-10-16)17-13(3)4/h13-14H,5-12H2,1-4H3. The third-order valence-electron chi connectivity index (χ3n) is 3.63. The Bertz CT molecular complexity index is 185. The summed E-state index contributed by atoms with van der Waals surface area (Å²) in [4.78, 5) is 5.08. The van der Waals surface area contributed by atoms with E-state index in [4.69, 9.17) is 4.74 Å². The number of likely N-dealkylation sites (tertiary alicyclic amines) is 1. The molecular formula is C14H30N2O. The molecule has 1 fully saturated rings. The van der Waals surface area contributed by atoms with Gasteiger partial charge in [-0.1, -0.05) is 13.8 Å². The topological polar surface area (TPSA) is 15.7 Å². The van der Waals surface area contributed by atoms with Crippen LogP contribution in [0.5, 0.6) is 0 Å². The predicted octanol–water partition coefficient (Wildman–Crippen LogP) is 2.22. The maximum absolute atomic E-state index is 5.87. The minimum Gasteiger partial charge on any atom is -0.375 e. The van der Waals surface area contributed by atoms with Gasteiger partial charge in [-0.15, -0.1) is 0 Å². The molecule has 0 aliphatic carbocycles. The van der Waals surface area contributed by atoms with Crippen LogP contribution < -0.4 is 0 Å². The van der Waals surface area contributed by atoms with E-state index in [0.29, 0.717) is 12.2 Å². The SMILES string of the molecule is CCN(CC)CCN1CCC(OC(C)C)CC1. The van der Waals surface area contributed by atoms with E-state index < -0.39 is 0 Å². The zero-order valence-electron chi connectivity index (χ0n) is 12.1. The Labute approximate surface area is 107 Å². The highest BCUT2D eigenvalue weighted by Gasteiger charge is 2.20. The van der Waals surface area contributed by atoms with Crippen molar-refractivity contribution in [2.75, 3.05) is 39.3 Å². The zero-order valence-corrected chi connectivity index (χ0v) is 12.1. The Morgan fingerprint density at radius 3 is 2.24 bits per heavy atom. The highest BCUT2D eigenvalue weighted by Crippen LogP contribution is 2.15. The lowest BCUT2D eigenvalue weighted by Crippen LogP contribution is -2.42. The van der Waals surface area contributed by atoms with Crippen LogP contribution in [-0.2, 0) is 4.74 Å². The van der Waals surface area contributed by atoms with Crippen molar-refractivity contribution in [2.45, 2.75) is 52.7 Å². The Morgan fingerprint density at radius 1 is 1.18 bits per heavy atom. The number of rotatable bonds is 7. The van der Waals surface area contributed by atoms with E-state index >= 15 is 0 Å². The van der Waals surface area contributed by atoms with Gasteiger partial charge >= 0.3 is 0 Å². The molecule has 0 N–H and O–H groups in total. The van der Waals surface area contributed by atoms with E-state index in [1.165, 1.54) is 52.1 Å². The number of hydrogen-bond acceptors (Lipinski definition) is 3. The van der Waals surface area contributed by atoms with Gasteiger partial charge in [-0.05, 0) is 39.8 Å². The molecule has 0 amide bonds. The van der Waals surface area contributed by atoms with E-state index in [0.717, 1.165) is 0 Å². The molecule has 0 spiro atoms. The molecule has 1 aliphatic rings. The molecule has 1 rings (SSSR count). The molecular weight excluding hydrogens is 212 g/mol. The van der Waals surface area contributed by atoms with Crippen molar-refractivity contribution in [2.24, 2.45) is 0 Å². The van der Waals surface area contributed by atoms with Crippen LogP contribution >= 0.6 is 0 Å². The molecule has 0 bridgehead atoms. The maximum Gasteiger partial charge on any atom is 0.0603 e. The first kappa shape index (κ1) is 14.9. The molecule has 0 radical (unpaired) electrons. The highest BCUT2D eigenvalue weighted by atomic mass is 16.5. The molecule has 0 aromatic rings. The van der Waals surface area contributed by atoms with E-state index in [9.17, 15) is 0 Å². The average Bonchev–Trinajstić information content (AvgIpc) is 2.32. The smallest absolute Gasteiger partial charge is 0.0603 e. The Balaban J connectivity index is 2.14. The van der Waals surface area contributed by atoms with Crippen molar-refractivity contribution in [1.29, 1.82) is 0 Å². The first-order chi connectivity index (χ1) is 8.15. The van der Waals surface area contributed by atoms with Crippen molar-refractivity contribution in [1.82, 2.24) is 9.80 Å². The minimum absolute atomic E-state index is 0.377. The van der Waals surface area contributed by atoms with Gasteiger partial charge in [0, 0.05) is 26.2 Å². The van der Waals surface area contributed by atoms with Crippen LogP contribution in [0.1, 0.15) is 40.5 Å². The van der Waals surface area contributed by atoms with Crippen LogP contribution in [0.4, 0.5) is 0 Å². The molecule has 1 aliphatic heterocycles. The Hall–Kier alpha value is -0.120. The number of piperidine rings is 1. The first-order valence-electron chi connectivity index (χ1n) is 7.25. The Kier molecular flexibility index (Phi) is 7.09. The molecule has 0 atom stereocenters. The third-order valence-corrected chi connectivity index (χ3v) is 3.63. The lowest BCUT2D eigenvalue weighted by atomic mass is 10.1. The van der Waals surface area contributed by atoms with Crippen LogP contribution in [0.25, 0.3) is 0 Å². The summed E-state index contributed by atoms with van der Waals surface area (Å²) in [6.45, 7) is 15.9. The third kappa shape index (κ3) is 5.84. The fourth-order valence-electron chi connectivity index (χ4n) is 2.48. The van der Waals surface area contributed by atoms with Crippen LogP contribution in [-0.4, -0.2) is 61.3 Å². The van der Waals surface area contributed by atoms with Crippen molar-refractivity contribution in [3.63, 3.8) is 0 Å². The molecule has 0 aromatic carbocycles. The average molecular weight is 242 g/mol. The second-order valence-electron chi connectivity index (χ2n) is 5.25. The summed E-state index contributed by atoms with van der Waals surface area (Å²) in [6, 6.07) is 0. The molecule has 3 nitrogen and oxygen atoms in total. The molecule has 1 saturated heterocycles. The summed E-state index contributed by atoms with van der Waals surface area (Å²) in [7, 11) is 0. The molecule has 1 heterocycles. The van der Waals surface area contributed by atoms with Gasteiger partial charge in [0.05, 0.1) is 12.2 Å². The summed E-state index contributed by atoms with van der Waals surface area (Å²) in [5.41, 5.74) is 0.